The average molecular weight is 212 g/mol. The first-order chi connectivity index (χ1) is 7.11. The van der Waals surface area contributed by atoms with Gasteiger partial charge in [0.2, 0.25) is 0 Å². The van der Waals surface area contributed by atoms with E-state index in [9.17, 15) is 4.39 Å². The lowest BCUT2D eigenvalue weighted by molar-refractivity contribution is 0.379. The Morgan fingerprint density at radius 2 is 2.07 bits per heavy atom. The molecule has 0 amide bonds. The van der Waals surface area contributed by atoms with Crippen molar-refractivity contribution in [3.05, 3.63) is 23.5 Å². The van der Waals surface area contributed by atoms with E-state index >= 15 is 0 Å². The molecule has 1 aromatic rings. The van der Waals surface area contributed by atoms with E-state index in [1.54, 1.807) is 6.07 Å². The summed E-state index contributed by atoms with van der Waals surface area (Å²) in [6.45, 7) is 1.95. The van der Waals surface area contributed by atoms with Gasteiger partial charge < -0.3 is 14.8 Å². The first kappa shape index (κ1) is 12.0. The van der Waals surface area contributed by atoms with Crippen LogP contribution in [0.5, 0.6) is 5.75 Å². The molecule has 3 nitrogen and oxygen atoms in total. The molecule has 15 heavy (non-hydrogen) atoms. The molecule has 0 aliphatic rings. The van der Waals surface area contributed by atoms with Crippen molar-refractivity contribution in [2.45, 2.75) is 19.8 Å². The van der Waals surface area contributed by atoms with Gasteiger partial charge in [0.1, 0.15) is 0 Å². The molecule has 82 valence electrons. The van der Waals surface area contributed by atoms with E-state index in [2.05, 4.69) is 0 Å². The smallest absolute Gasteiger partial charge is 0.492 e. The van der Waals surface area contributed by atoms with Gasteiger partial charge in [0, 0.05) is 5.46 Å². The van der Waals surface area contributed by atoms with Crippen molar-refractivity contribution in [1.82, 2.24) is 0 Å². The van der Waals surface area contributed by atoms with Crippen LogP contribution in [0, 0.1) is 5.82 Å². The molecular weight excluding hydrogens is 198 g/mol. The quantitative estimate of drug-likeness (QED) is 0.713. The highest BCUT2D eigenvalue weighted by molar-refractivity contribution is 6.59. The fourth-order valence-electron chi connectivity index (χ4n) is 1.48. The number of hydrogen-bond donors (Lipinski definition) is 2. The molecule has 0 radical (unpaired) electrons. The molecule has 0 unspecified atom stereocenters. The standard InChI is InChI=1S/C10H14BFO3/c1-3-4-7-5-6-8(11(13)14)10(15-2)9(7)12/h5-6,13-14H,3-4H2,1-2H3. The second kappa shape index (κ2) is 5.14. The average Bonchev–Trinajstić information content (AvgIpc) is 2.20. The van der Waals surface area contributed by atoms with Crippen LogP contribution in [0.25, 0.3) is 0 Å². The lowest BCUT2D eigenvalue weighted by Crippen LogP contribution is -2.32. The third-order valence-corrected chi connectivity index (χ3v) is 2.21. The van der Waals surface area contributed by atoms with Crippen molar-refractivity contribution in [2.75, 3.05) is 7.11 Å². The van der Waals surface area contributed by atoms with Crippen LogP contribution in [0.2, 0.25) is 0 Å². The Morgan fingerprint density at radius 3 is 2.53 bits per heavy atom. The van der Waals surface area contributed by atoms with Crippen molar-refractivity contribution >= 4 is 12.6 Å². The summed E-state index contributed by atoms with van der Waals surface area (Å²) in [4.78, 5) is 0. The van der Waals surface area contributed by atoms with Crippen LogP contribution in [0.4, 0.5) is 4.39 Å². The lowest BCUT2D eigenvalue weighted by atomic mass is 9.78. The maximum absolute atomic E-state index is 13.7. The summed E-state index contributed by atoms with van der Waals surface area (Å²) in [5.74, 6) is -0.596. The number of aryl methyl sites for hydroxylation is 1. The van der Waals surface area contributed by atoms with Crippen LogP contribution in [0.15, 0.2) is 12.1 Å². The largest absolute Gasteiger partial charge is 0.494 e. The van der Waals surface area contributed by atoms with E-state index in [1.165, 1.54) is 13.2 Å². The van der Waals surface area contributed by atoms with Crippen molar-refractivity contribution in [2.24, 2.45) is 0 Å². The van der Waals surface area contributed by atoms with Crippen molar-refractivity contribution in [3.8, 4) is 5.75 Å². The van der Waals surface area contributed by atoms with Crippen LogP contribution < -0.4 is 10.2 Å². The predicted octanol–water partition coefficient (Wildman–Crippen LogP) is 0.467. The topological polar surface area (TPSA) is 49.7 Å². The second-order valence-electron chi connectivity index (χ2n) is 3.28. The zero-order valence-corrected chi connectivity index (χ0v) is 8.83. The molecule has 0 aliphatic carbocycles. The van der Waals surface area contributed by atoms with Crippen LogP contribution in [0.3, 0.4) is 0 Å². The normalized spacial score (nSPS) is 10.2. The van der Waals surface area contributed by atoms with E-state index in [0.29, 0.717) is 12.0 Å². The van der Waals surface area contributed by atoms with Crippen LogP contribution >= 0.6 is 0 Å². The molecule has 2 N–H and O–H groups in total. The highest BCUT2D eigenvalue weighted by atomic mass is 19.1. The van der Waals surface area contributed by atoms with Gasteiger partial charge in [-0.1, -0.05) is 25.5 Å². The zero-order chi connectivity index (χ0) is 11.4. The maximum Gasteiger partial charge on any atom is 0.492 e. The molecule has 0 spiro atoms. The molecule has 0 atom stereocenters. The van der Waals surface area contributed by atoms with Crippen molar-refractivity contribution < 1.29 is 19.2 Å². The SMILES string of the molecule is CCCc1ccc(B(O)O)c(OC)c1F. The number of methoxy groups -OCH3 is 1. The minimum Gasteiger partial charge on any atom is -0.494 e. The molecule has 0 saturated carbocycles. The van der Waals surface area contributed by atoms with Gasteiger partial charge in [-0.05, 0) is 12.0 Å². The van der Waals surface area contributed by atoms with Gasteiger partial charge in [-0.2, -0.15) is 0 Å². The van der Waals surface area contributed by atoms with Gasteiger partial charge in [-0.3, -0.25) is 0 Å². The molecule has 1 aromatic carbocycles. The molecule has 0 saturated heterocycles. The van der Waals surface area contributed by atoms with Crippen molar-refractivity contribution in [3.63, 3.8) is 0 Å². The van der Waals surface area contributed by atoms with E-state index in [0.717, 1.165) is 6.42 Å². The molecule has 0 aromatic heterocycles. The minimum atomic E-state index is -1.72. The van der Waals surface area contributed by atoms with Gasteiger partial charge in [0.15, 0.2) is 11.6 Å². The van der Waals surface area contributed by atoms with E-state index < -0.39 is 12.9 Å². The van der Waals surface area contributed by atoms with Gasteiger partial charge in [-0.25, -0.2) is 4.39 Å². The van der Waals surface area contributed by atoms with E-state index in [4.69, 9.17) is 14.8 Å². The van der Waals surface area contributed by atoms with Gasteiger partial charge in [0.25, 0.3) is 0 Å². The third-order valence-electron chi connectivity index (χ3n) is 2.21. The highest BCUT2D eigenvalue weighted by Crippen LogP contribution is 2.19. The molecule has 0 aliphatic heterocycles. The second-order valence-corrected chi connectivity index (χ2v) is 3.28. The first-order valence-corrected chi connectivity index (χ1v) is 4.83. The number of hydrogen-bond acceptors (Lipinski definition) is 3. The lowest BCUT2D eigenvalue weighted by Gasteiger charge is -2.11. The zero-order valence-electron chi connectivity index (χ0n) is 8.83. The van der Waals surface area contributed by atoms with E-state index in [1.807, 2.05) is 6.92 Å². The monoisotopic (exact) mass is 212 g/mol. The molecular formula is C10H14BFO3. The number of rotatable bonds is 4. The number of halogens is 1. The van der Waals surface area contributed by atoms with Crippen molar-refractivity contribution in [1.29, 1.82) is 0 Å². The Kier molecular flexibility index (Phi) is 4.11. The maximum atomic E-state index is 13.7. The first-order valence-electron chi connectivity index (χ1n) is 4.83. The Morgan fingerprint density at radius 1 is 1.40 bits per heavy atom. The van der Waals surface area contributed by atoms with Gasteiger partial charge in [0.05, 0.1) is 7.11 Å². The van der Waals surface area contributed by atoms with Crippen LogP contribution in [0.1, 0.15) is 18.9 Å². The van der Waals surface area contributed by atoms with Gasteiger partial charge >= 0.3 is 7.12 Å². The molecule has 1 rings (SSSR count). The summed E-state index contributed by atoms with van der Waals surface area (Å²) in [5, 5.41) is 18.0. The summed E-state index contributed by atoms with van der Waals surface area (Å²) in [7, 11) is -0.412. The Balaban J connectivity index is 3.20. The fraction of sp³-hybridized carbons (Fsp3) is 0.400. The van der Waals surface area contributed by atoms with Crippen LogP contribution in [-0.4, -0.2) is 24.3 Å². The summed E-state index contributed by atoms with van der Waals surface area (Å²) < 4.78 is 18.6. The van der Waals surface area contributed by atoms with Gasteiger partial charge in [-0.15, -0.1) is 0 Å². The Hall–Kier alpha value is -1.07. The van der Waals surface area contributed by atoms with Crippen LogP contribution in [-0.2, 0) is 6.42 Å². The summed E-state index contributed by atoms with van der Waals surface area (Å²) in [5.41, 5.74) is 0.577. The predicted molar refractivity (Wildman–Crippen MR) is 56.8 cm³/mol. The summed E-state index contributed by atoms with van der Waals surface area (Å²) in [6.07, 6.45) is 1.42. The minimum absolute atomic E-state index is 0.0508. The fourth-order valence-corrected chi connectivity index (χ4v) is 1.48. The van der Waals surface area contributed by atoms with E-state index in [-0.39, 0.29) is 11.2 Å². The number of benzene rings is 1. The highest BCUT2D eigenvalue weighted by Gasteiger charge is 2.21. The number of ether oxygens (including phenoxy) is 1. The third kappa shape index (κ3) is 2.49. The molecule has 0 heterocycles. The molecule has 5 heteroatoms. The Labute approximate surface area is 88.7 Å². The molecule has 0 bridgehead atoms. The summed E-state index contributed by atoms with van der Waals surface area (Å²) in [6, 6.07) is 3.02. The summed E-state index contributed by atoms with van der Waals surface area (Å²) >= 11 is 0. The Bertz CT molecular complexity index is 342. The molecule has 0 fully saturated rings.